The number of nitrogens with two attached hydrogens (primary N) is 1. The largest absolute Gasteiger partial charge is 0.396 e. The molecule has 4 heteroatoms. The zero-order chi connectivity index (χ0) is 13.9. The van der Waals surface area contributed by atoms with E-state index in [2.05, 4.69) is 40.8 Å². The van der Waals surface area contributed by atoms with Crippen molar-refractivity contribution in [3.63, 3.8) is 0 Å². The zero-order valence-corrected chi connectivity index (χ0v) is 11.9. The molecule has 0 amide bonds. The maximum atomic E-state index is 6.22. The Morgan fingerprint density at radius 2 is 1.85 bits per heavy atom. The van der Waals surface area contributed by atoms with Gasteiger partial charge < -0.3 is 11.1 Å². The minimum Gasteiger partial charge on any atom is -0.396 e. The summed E-state index contributed by atoms with van der Waals surface area (Å²) in [7, 11) is 0. The quantitative estimate of drug-likeness (QED) is 0.555. The van der Waals surface area contributed by atoms with Crippen LogP contribution in [-0.2, 0) is 0 Å². The van der Waals surface area contributed by atoms with Crippen molar-refractivity contribution in [2.45, 2.75) is 4.90 Å². The van der Waals surface area contributed by atoms with Gasteiger partial charge in [0.25, 0.3) is 0 Å². The van der Waals surface area contributed by atoms with Gasteiger partial charge in [-0.25, -0.2) is 0 Å². The van der Waals surface area contributed by atoms with Crippen LogP contribution in [0.25, 0.3) is 10.9 Å². The van der Waals surface area contributed by atoms with Crippen LogP contribution in [0.4, 0.5) is 17.1 Å². The third kappa shape index (κ3) is 2.42. The molecule has 0 aliphatic rings. The first-order valence-corrected chi connectivity index (χ1v) is 7.54. The van der Waals surface area contributed by atoms with Crippen molar-refractivity contribution in [2.75, 3.05) is 17.3 Å². The second kappa shape index (κ2) is 5.43. The van der Waals surface area contributed by atoms with Crippen LogP contribution in [0, 0.1) is 0 Å². The zero-order valence-electron chi connectivity index (χ0n) is 11.1. The van der Waals surface area contributed by atoms with Crippen LogP contribution < -0.4 is 11.1 Å². The number of anilines is 3. The van der Waals surface area contributed by atoms with E-state index in [4.69, 9.17) is 5.73 Å². The van der Waals surface area contributed by atoms with Crippen molar-refractivity contribution >= 4 is 39.7 Å². The molecule has 0 saturated carbocycles. The Balaban J connectivity index is 1.95. The Labute approximate surface area is 122 Å². The summed E-state index contributed by atoms with van der Waals surface area (Å²) in [4.78, 5) is 5.54. The average Bonchev–Trinajstić information content (AvgIpc) is 2.51. The highest BCUT2D eigenvalue weighted by atomic mass is 32.2. The summed E-state index contributed by atoms with van der Waals surface area (Å²) in [6, 6.07) is 16.1. The smallest absolute Gasteiger partial charge is 0.0724 e. The highest BCUT2D eigenvalue weighted by Crippen LogP contribution is 2.30. The van der Waals surface area contributed by atoms with Gasteiger partial charge in [0.15, 0.2) is 0 Å². The molecular weight excluding hydrogens is 266 g/mol. The fourth-order valence-electron chi connectivity index (χ4n) is 2.11. The van der Waals surface area contributed by atoms with Gasteiger partial charge in [-0.2, -0.15) is 0 Å². The summed E-state index contributed by atoms with van der Waals surface area (Å²) >= 11 is 1.73. The first-order valence-electron chi connectivity index (χ1n) is 6.32. The molecule has 1 heterocycles. The summed E-state index contributed by atoms with van der Waals surface area (Å²) < 4.78 is 0. The van der Waals surface area contributed by atoms with Crippen LogP contribution in [0.1, 0.15) is 0 Å². The standard InChI is InChI=1S/C16H15N3S/c1-20-12-6-4-11(5-7-12)19-15-9-8-14-13(16(15)17)3-2-10-18-14/h2-10,19H,17H2,1H3. The summed E-state index contributed by atoms with van der Waals surface area (Å²) in [5.41, 5.74) is 9.78. The fourth-order valence-corrected chi connectivity index (χ4v) is 2.52. The van der Waals surface area contributed by atoms with Gasteiger partial charge in [0.2, 0.25) is 0 Å². The number of pyridine rings is 1. The summed E-state index contributed by atoms with van der Waals surface area (Å²) in [5.74, 6) is 0. The molecule has 1 aromatic heterocycles. The lowest BCUT2D eigenvalue weighted by Crippen LogP contribution is -1.97. The Morgan fingerprint density at radius 3 is 2.60 bits per heavy atom. The fraction of sp³-hybridized carbons (Fsp3) is 0.0625. The number of thioether (sulfide) groups is 1. The molecule has 0 unspecified atom stereocenters. The van der Waals surface area contributed by atoms with E-state index in [1.165, 1.54) is 4.90 Å². The van der Waals surface area contributed by atoms with Gasteiger partial charge in [-0.15, -0.1) is 11.8 Å². The summed E-state index contributed by atoms with van der Waals surface area (Å²) in [5, 5.41) is 4.32. The van der Waals surface area contributed by atoms with E-state index in [1.807, 2.05) is 24.3 Å². The summed E-state index contributed by atoms with van der Waals surface area (Å²) in [6.45, 7) is 0. The molecule has 3 nitrogen and oxygen atoms in total. The van der Waals surface area contributed by atoms with Crippen molar-refractivity contribution in [1.82, 2.24) is 4.98 Å². The normalized spacial score (nSPS) is 10.7. The Kier molecular flexibility index (Phi) is 3.48. The molecule has 0 bridgehead atoms. The van der Waals surface area contributed by atoms with Gasteiger partial charge in [-0.05, 0) is 54.8 Å². The molecule has 3 aromatic rings. The van der Waals surface area contributed by atoms with E-state index in [-0.39, 0.29) is 0 Å². The van der Waals surface area contributed by atoms with Crippen LogP contribution in [-0.4, -0.2) is 11.2 Å². The topological polar surface area (TPSA) is 50.9 Å². The number of benzene rings is 2. The molecule has 0 aliphatic heterocycles. The lowest BCUT2D eigenvalue weighted by molar-refractivity contribution is 1.41. The average molecular weight is 281 g/mol. The highest BCUT2D eigenvalue weighted by Gasteiger charge is 2.05. The molecule has 20 heavy (non-hydrogen) atoms. The van der Waals surface area contributed by atoms with Gasteiger partial charge >= 0.3 is 0 Å². The number of fused-ring (bicyclic) bond motifs is 1. The number of aromatic nitrogens is 1. The molecule has 3 rings (SSSR count). The Morgan fingerprint density at radius 1 is 1.05 bits per heavy atom. The second-order valence-corrected chi connectivity index (χ2v) is 5.33. The number of hydrogen-bond acceptors (Lipinski definition) is 4. The lowest BCUT2D eigenvalue weighted by Gasteiger charge is -2.11. The maximum absolute atomic E-state index is 6.22. The number of nitrogens with zero attached hydrogens (tertiary/aromatic N) is 1. The molecule has 0 saturated heterocycles. The predicted octanol–water partition coefficient (Wildman–Crippen LogP) is 4.28. The van der Waals surface area contributed by atoms with Gasteiger partial charge in [-0.1, -0.05) is 0 Å². The van der Waals surface area contributed by atoms with Gasteiger partial charge in [0.05, 0.1) is 16.9 Å². The van der Waals surface area contributed by atoms with Crippen LogP contribution in [0.3, 0.4) is 0 Å². The second-order valence-electron chi connectivity index (χ2n) is 4.45. The van der Waals surface area contributed by atoms with Crippen LogP contribution in [0.2, 0.25) is 0 Å². The van der Waals surface area contributed by atoms with Crippen molar-refractivity contribution in [2.24, 2.45) is 0 Å². The molecular formula is C16H15N3S. The molecule has 0 fully saturated rings. The number of nitrogens with one attached hydrogen (secondary N) is 1. The van der Waals surface area contributed by atoms with E-state index < -0.39 is 0 Å². The number of rotatable bonds is 3. The van der Waals surface area contributed by atoms with E-state index in [0.29, 0.717) is 0 Å². The first kappa shape index (κ1) is 12.8. The third-order valence-electron chi connectivity index (χ3n) is 3.20. The van der Waals surface area contributed by atoms with Crippen molar-refractivity contribution in [3.8, 4) is 0 Å². The van der Waals surface area contributed by atoms with Gasteiger partial charge in [-0.3, -0.25) is 4.98 Å². The monoisotopic (exact) mass is 281 g/mol. The molecule has 0 radical (unpaired) electrons. The van der Waals surface area contributed by atoms with Crippen LogP contribution in [0.15, 0.2) is 59.6 Å². The third-order valence-corrected chi connectivity index (χ3v) is 3.94. The van der Waals surface area contributed by atoms with Crippen molar-refractivity contribution in [3.05, 3.63) is 54.7 Å². The molecule has 2 aromatic carbocycles. The van der Waals surface area contributed by atoms with E-state index in [1.54, 1.807) is 18.0 Å². The summed E-state index contributed by atoms with van der Waals surface area (Å²) in [6.07, 6.45) is 3.84. The number of nitrogen functional groups attached to an aromatic ring is 1. The maximum Gasteiger partial charge on any atom is 0.0724 e. The molecule has 100 valence electrons. The van der Waals surface area contributed by atoms with E-state index in [0.717, 1.165) is 28.0 Å². The molecule has 0 spiro atoms. The van der Waals surface area contributed by atoms with Crippen LogP contribution >= 0.6 is 11.8 Å². The molecule has 3 N–H and O–H groups in total. The Bertz CT molecular complexity index is 738. The molecule has 0 aliphatic carbocycles. The Hall–Kier alpha value is -2.20. The predicted molar refractivity (Wildman–Crippen MR) is 87.7 cm³/mol. The minimum atomic E-state index is 0.726. The van der Waals surface area contributed by atoms with Gasteiger partial charge in [0, 0.05) is 22.2 Å². The van der Waals surface area contributed by atoms with Gasteiger partial charge in [0.1, 0.15) is 0 Å². The van der Waals surface area contributed by atoms with Crippen molar-refractivity contribution < 1.29 is 0 Å². The first-order chi connectivity index (χ1) is 9.78. The van der Waals surface area contributed by atoms with Crippen molar-refractivity contribution in [1.29, 1.82) is 0 Å². The minimum absolute atomic E-state index is 0.726. The highest BCUT2D eigenvalue weighted by molar-refractivity contribution is 7.98. The SMILES string of the molecule is CSc1ccc(Nc2ccc3ncccc3c2N)cc1. The molecule has 0 atom stereocenters. The van der Waals surface area contributed by atoms with E-state index in [9.17, 15) is 0 Å². The van der Waals surface area contributed by atoms with E-state index >= 15 is 0 Å². The van der Waals surface area contributed by atoms with Crippen LogP contribution in [0.5, 0.6) is 0 Å². The number of hydrogen-bond donors (Lipinski definition) is 2. The lowest BCUT2D eigenvalue weighted by atomic mass is 10.1.